The fourth-order valence-corrected chi connectivity index (χ4v) is 2.23. The van der Waals surface area contributed by atoms with Gasteiger partial charge in [0.15, 0.2) is 0 Å². The molecule has 0 aromatic heterocycles. The summed E-state index contributed by atoms with van der Waals surface area (Å²) in [7, 11) is 0. The zero-order valence-corrected chi connectivity index (χ0v) is 11.9. The molecule has 1 aromatic rings. The van der Waals surface area contributed by atoms with Crippen LogP contribution in [-0.4, -0.2) is 43.3 Å². The lowest BCUT2D eigenvalue weighted by Gasteiger charge is -2.17. The molecular formula is C15H19NO5. The maximum absolute atomic E-state index is 11.9. The molecule has 1 N–H and O–H groups in total. The third-order valence-corrected chi connectivity index (χ3v) is 3.30. The molecule has 1 atom stereocenters. The number of rotatable bonds is 7. The second-order valence-electron chi connectivity index (χ2n) is 4.79. The fraction of sp³-hybridized carbons (Fsp3) is 0.467. The minimum atomic E-state index is -0.935. The average Bonchev–Trinajstić information content (AvgIpc) is 2.86. The van der Waals surface area contributed by atoms with Crippen LogP contribution in [0.1, 0.15) is 13.3 Å². The van der Waals surface area contributed by atoms with Crippen LogP contribution in [0, 0.1) is 5.92 Å². The lowest BCUT2D eigenvalue weighted by molar-refractivity contribution is -0.141. The SMILES string of the molecule is CCOCCOc1cccc(N2CC(C(=O)O)CC2=O)c1. The number of carboxylic acids is 1. The third-order valence-electron chi connectivity index (χ3n) is 3.30. The summed E-state index contributed by atoms with van der Waals surface area (Å²) in [4.78, 5) is 24.4. The summed E-state index contributed by atoms with van der Waals surface area (Å²) in [6, 6.07) is 7.10. The summed E-state index contributed by atoms with van der Waals surface area (Å²) in [5.74, 6) is -1.11. The molecule has 0 spiro atoms. The van der Waals surface area contributed by atoms with E-state index >= 15 is 0 Å². The fourth-order valence-electron chi connectivity index (χ4n) is 2.23. The van der Waals surface area contributed by atoms with Crippen molar-refractivity contribution >= 4 is 17.6 Å². The topological polar surface area (TPSA) is 76.1 Å². The molecule has 0 radical (unpaired) electrons. The van der Waals surface area contributed by atoms with Gasteiger partial charge in [-0.3, -0.25) is 9.59 Å². The van der Waals surface area contributed by atoms with Crippen molar-refractivity contribution in [1.82, 2.24) is 0 Å². The molecule has 1 unspecified atom stereocenters. The summed E-state index contributed by atoms with van der Waals surface area (Å²) in [6.45, 7) is 3.70. The number of carbonyl (C=O) groups is 2. The van der Waals surface area contributed by atoms with Gasteiger partial charge in [-0.1, -0.05) is 6.07 Å². The van der Waals surface area contributed by atoms with Crippen LogP contribution < -0.4 is 9.64 Å². The first kappa shape index (κ1) is 15.3. The number of hydrogen-bond donors (Lipinski definition) is 1. The first-order chi connectivity index (χ1) is 10.1. The van der Waals surface area contributed by atoms with E-state index < -0.39 is 11.9 Å². The van der Waals surface area contributed by atoms with Gasteiger partial charge in [-0.2, -0.15) is 0 Å². The number of amides is 1. The van der Waals surface area contributed by atoms with Crippen LogP contribution in [0.3, 0.4) is 0 Å². The first-order valence-electron chi connectivity index (χ1n) is 6.95. The van der Waals surface area contributed by atoms with Crippen molar-refractivity contribution in [3.05, 3.63) is 24.3 Å². The van der Waals surface area contributed by atoms with Crippen molar-refractivity contribution in [2.75, 3.05) is 31.3 Å². The highest BCUT2D eigenvalue weighted by Gasteiger charge is 2.35. The van der Waals surface area contributed by atoms with E-state index in [0.717, 1.165) is 0 Å². The van der Waals surface area contributed by atoms with Crippen LogP contribution in [0.25, 0.3) is 0 Å². The highest BCUT2D eigenvalue weighted by molar-refractivity contribution is 5.99. The molecule has 1 saturated heterocycles. The molecular weight excluding hydrogens is 274 g/mol. The summed E-state index contributed by atoms with van der Waals surface area (Å²) in [5, 5.41) is 9.00. The van der Waals surface area contributed by atoms with Gasteiger partial charge in [0.25, 0.3) is 0 Å². The van der Waals surface area contributed by atoms with Crippen molar-refractivity contribution in [3.8, 4) is 5.75 Å². The van der Waals surface area contributed by atoms with Gasteiger partial charge < -0.3 is 19.5 Å². The Kier molecular flexibility index (Phi) is 5.16. The Morgan fingerprint density at radius 1 is 1.43 bits per heavy atom. The number of benzene rings is 1. The third kappa shape index (κ3) is 3.95. The molecule has 0 aliphatic carbocycles. The van der Waals surface area contributed by atoms with Gasteiger partial charge >= 0.3 is 5.97 Å². The zero-order chi connectivity index (χ0) is 15.2. The molecule has 1 heterocycles. The van der Waals surface area contributed by atoms with Gasteiger partial charge in [-0.05, 0) is 19.1 Å². The van der Waals surface area contributed by atoms with Crippen LogP contribution in [0.5, 0.6) is 5.75 Å². The molecule has 1 aromatic carbocycles. The highest BCUT2D eigenvalue weighted by atomic mass is 16.5. The van der Waals surface area contributed by atoms with Crippen LogP contribution in [-0.2, 0) is 14.3 Å². The van der Waals surface area contributed by atoms with Crippen molar-refractivity contribution < 1.29 is 24.2 Å². The molecule has 1 amide bonds. The van der Waals surface area contributed by atoms with Crippen LogP contribution >= 0.6 is 0 Å². The van der Waals surface area contributed by atoms with Gasteiger partial charge in [0.1, 0.15) is 12.4 Å². The lowest BCUT2D eigenvalue weighted by Crippen LogP contribution is -2.25. The molecule has 114 valence electrons. The molecule has 1 aliphatic heterocycles. The standard InChI is InChI=1S/C15H19NO5/c1-2-20-6-7-21-13-5-3-4-12(9-13)16-10-11(15(18)19)8-14(16)17/h3-5,9,11H,2,6-8,10H2,1H3,(H,18,19). The molecule has 0 saturated carbocycles. The monoisotopic (exact) mass is 293 g/mol. The van der Waals surface area contributed by atoms with E-state index in [0.29, 0.717) is 31.3 Å². The summed E-state index contributed by atoms with van der Waals surface area (Å²) < 4.78 is 10.7. The van der Waals surface area contributed by atoms with Gasteiger partial charge in [-0.25, -0.2) is 0 Å². The molecule has 1 fully saturated rings. The van der Waals surface area contributed by atoms with E-state index in [2.05, 4.69) is 0 Å². The second kappa shape index (κ2) is 7.08. The Balaban J connectivity index is 2.00. The smallest absolute Gasteiger partial charge is 0.308 e. The van der Waals surface area contributed by atoms with Crippen molar-refractivity contribution in [2.45, 2.75) is 13.3 Å². The Labute approximate surface area is 123 Å². The molecule has 6 nitrogen and oxygen atoms in total. The number of carbonyl (C=O) groups excluding carboxylic acids is 1. The van der Waals surface area contributed by atoms with E-state index in [9.17, 15) is 9.59 Å². The Hall–Kier alpha value is -2.08. The van der Waals surface area contributed by atoms with Crippen molar-refractivity contribution in [2.24, 2.45) is 5.92 Å². The highest BCUT2D eigenvalue weighted by Crippen LogP contribution is 2.28. The molecule has 21 heavy (non-hydrogen) atoms. The van der Waals surface area contributed by atoms with E-state index in [1.54, 1.807) is 24.3 Å². The molecule has 2 rings (SSSR count). The summed E-state index contributed by atoms with van der Waals surface area (Å²) >= 11 is 0. The Bertz CT molecular complexity index is 517. The van der Waals surface area contributed by atoms with Gasteiger partial charge in [0.05, 0.1) is 12.5 Å². The maximum atomic E-state index is 11.9. The number of hydrogen-bond acceptors (Lipinski definition) is 4. The van der Waals surface area contributed by atoms with Crippen molar-refractivity contribution in [1.29, 1.82) is 0 Å². The average molecular weight is 293 g/mol. The number of nitrogens with zero attached hydrogens (tertiary/aromatic N) is 1. The van der Waals surface area contributed by atoms with Gasteiger partial charge in [-0.15, -0.1) is 0 Å². The predicted octanol–water partition coefficient (Wildman–Crippen LogP) is 1.54. The Morgan fingerprint density at radius 3 is 2.90 bits per heavy atom. The van der Waals surface area contributed by atoms with E-state index in [1.807, 2.05) is 6.92 Å². The Morgan fingerprint density at radius 2 is 2.24 bits per heavy atom. The summed E-state index contributed by atoms with van der Waals surface area (Å²) in [5.41, 5.74) is 0.664. The largest absolute Gasteiger partial charge is 0.491 e. The quantitative estimate of drug-likeness (QED) is 0.772. The van der Waals surface area contributed by atoms with Gasteiger partial charge in [0.2, 0.25) is 5.91 Å². The molecule has 1 aliphatic rings. The second-order valence-corrected chi connectivity index (χ2v) is 4.79. The minimum Gasteiger partial charge on any atom is -0.491 e. The van der Waals surface area contributed by atoms with Crippen LogP contribution in [0.2, 0.25) is 0 Å². The van der Waals surface area contributed by atoms with E-state index in [-0.39, 0.29) is 18.9 Å². The zero-order valence-electron chi connectivity index (χ0n) is 11.9. The lowest BCUT2D eigenvalue weighted by atomic mass is 10.1. The molecule has 6 heteroatoms. The molecule has 0 bridgehead atoms. The number of anilines is 1. The van der Waals surface area contributed by atoms with Crippen LogP contribution in [0.4, 0.5) is 5.69 Å². The number of carboxylic acid groups (broad SMARTS) is 1. The van der Waals surface area contributed by atoms with Crippen molar-refractivity contribution in [3.63, 3.8) is 0 Å². The van der Waals surface area contributed by atoms with Crippen LogP contribution in [0.15, 0.2) is 24.3 Å². The minimum absolute atomic E-state index is 0.0464. The van der Waals surface area contributed by atoms with Gasteiger partial charge in [0, 0.05) is 31.3 Å². The summed E-state index contributed by atoms with van der Waals surface area (Å²) in [6.07, 6.45) is 0.0464. The number of ether oxygens (including phenoxy) is 2. The normalized spacial score (nSPS) is 18.0. The van der Waals surface area contributed by atoms with E-state index in [4.69, 9.17) is 14.6 Å². The first-order valence-corrected chi connectivity index (χ1v) is 6.95. The number of aliphatic carboxylic acids is 1. The maximum Gasteiger partial charge on any atom is 0.308 e. The predicted molar refractivity (Wildman–Crippen MR) is 76.5 cm³/mol. The van der Waals surface area contributed by atoms with E-state index in [1.165, 1.54) is 4.90 Å².